The van der Waals surface area contributed by atoms with Crippen molar-refractivity contribution in [3.63, 3.8) is 0 Å². The molecule has 1 aliphatic rings. The molecule has 3 aromatic rings. The molecule has 1 saturated heterocycles. The summed E-state index contributed by atoms with van der Waals surface area (Å²) >= 11 is 3.42. The lowest BCUT2D eigenvalue weighted by molar-refractivity contribution is -0.0509. The molecule has 1 aliphatic heterocycles. The fourth-order valence-electron chi connectivity index (χ4n) is 2.67. The highest BCUT2D eigenvalue weighted by atomic mass is 79.9. The molecule has 0 radical (unpaired) electrons. The molecular weight excluding hydrogens is 360 g/mol. The van der Waals surface area contributed by atoms with Crippen molar-refractivity contribution in [2.75, 3.05) is 6.61 Å². The molecule has 0 bridgehead atoms. The number of aliphatic hydroxyl groups is 3. The van der Waals surface area contributed by atoms with Gasteiger partial charge in [0.2, 0.25) is 0 Å². The minimum atomic E-state index is -1.19. The van der Waals surface area contributed by atoms with Gasteiger partial charge in [-0.2, -0.15) is 4.52 Å². The number of ether oxygens (including phenoxy) is 1. The van der Waals surface area contributed by atoms with Gasteiger partial charge in [-0.25, -0.2) is 4.98 Å². The molecule has 3 N–H and O–H groups in total. The molecule has 3 aromatic heterocycles. The number of halogens is 1. The van der Waals surface area contributed by atoms with Crippen LogP contribution in [0.15, 0.2) is 17.0 Å². The van der Waals surface area contributed by atoms with Gasteiger partial charge in [0, 0.05) is 10.7 Å². The van der Waals surface area contributed by atoms with Crippen molar-refractivity contribution in [1.82, 2.24) is 29.6 Å². The van der Waals surface area contributed by atoms with Crippen LogP contribution in [0.3, 0.4) is 0 Å². The third-order valence-corrected chi connectivity index (χ3v) is 4.36. The lowest BCUT2D eigenvalue weighted by Gasteiger charge is -2.17. The van der Waals surface area contributed by atoms with E-state index in [-0.39, 0.29) is 6.61 Å². The molecular formula is C11H11BrN6O4. The molecule has 22 heavy (non-hydrogen) atoms. The van der Waals surface area contributed by atoms with E-state index in [0.29, 0.717) is 21.2 Å². The molecule has 4 heterocycles. The van der Waals surface area contributed by atoms with Crippen molar-refractivity contribution < 1.29 is 20.1 Å². The number of hydrogen-bond acceptors (Lipinski definition) is 8. The summed E-state index contributed by atoms with van der Waals surface area (Å²) in [5.41, 5.74) is 0.992. The zero-order valence-corrected chi connectivity index (χ0v) is 12.6. The maximum Gasteiger partial charge on any atom is 0.193 e. The first-order valence-corrected chi connectivity index (χ1v) is 7.26. The predicted octanol–water partition coefficient (Wildman–Crippen LogP) is -1.15. The number of nitrogens with zero attached hydrogens (tertiary/aromatic N) is 6. The van der Waals surface area contributed by atoms with E-state index in [2.05, 4.69) is 36.4 Å². The van der Waals surface area contributed by atoms with Gasteiger partial charge in [-0.05, 0) is 26.4 Å². The summed E-state index contributed by atoms with van der Waals surface area (Å²) in [6, 6.07) is 0. The first-order chi connectivity index (χ1) is 10.6. The Hall–Kier alpha value is -1.66. The summed E-state index contributed by atoms with van der Waals surface area (Å²) in [6.07, 6.45) is -0.964. The molecule has 4 atom stereocenters. The van der Waals surface area contributed by atoms with Crippen LogP contribution in [0.2, 0.25) is 0 Å². The van der Waals surface area contributed by atoms with E-state index in [1.165, 1.54) is 10.8 Å². The topological polar surface area (TPSA) is 131 Å². The second-order valence-electron chi connectivity index (χ2n) is 5.00. The lowest BCUT2D eigenvalue weighted by Crippen LogP contribution is -2.33. The first kappa shape index (κ1) is 14.0. The Balaban J connectivity index is 1.89. The first-order valence-electron chi connectivity index (χ1n) is 6.47. The number of aromatic nitrogens is 6. The SMILES string of the molecule is OCC1OC(n2cc(Br)c3c2ncn2nnnc32)C(O)C1O. The summed E-state index contributed by atoms with van der Waals surface area (Å²) in [7, 11) is 0. The fraction of sp³-hybridized carbons (Fsp3) is 0.455. The summed E-state index contributed by atoms with van der Waals surface area (Å²) < 4.78 is 9.21. The molecule has 11 heteroatoms. The molecule has 4 rings (SSSR count). The van der Waals surface area contributed by atoms with Gasteiger partial charge in [0.25, 0.3) is 0 Å². The van der Waals surface area contributed by atoms with E-state index in [1.807, 2.05) is 0 Å². The molecule has 0 amide bonds. The van der Waals surface area contributed by atoms with Gasteiger partial charge in [0.1, 0.15) is 30.3 Å². The van der Waals surface area contributed by atoms with E-state index < -0.39 is 24.5 Å². The largest absolute Gasteiger partial charge is 0.394 e. The Kier molecular flexibility index (Phi) is 3.13. The maximum absolute atomic E-state index is 10.2. The van der Waals surface area contributed by atoms with Crippen molar-refractivity contribution in [3.05, 3.63) is 17.0 Å². The van der Waals surface area contributed by atoms with Crippen molar-refractivity contribution in [1.29, 1.82) is 0 Å². The minimum absolute atomic E-state index is 0.388. The zero-order chi connectivity index (χ0) is 15.4. The molecule has 116 valence electrons. The van der Waals surface area contributed by atoms with Gasteiger partial charge >= 0.3 is 0 Å². The van der Waals surface area contributed by atoms with Gasteiger partial charge in [-0.15, -0.1) is 5.10 Å². The Bertz CT molecular complexity index is 850. The van der Waals surface area contributed by atoms with Crippen molar-refractivity contribution in [2.24, 2.45) is 0 Å². The van der Waals surface area contributed by atoms with Gasteiger partial charge in [-0.3, -0.25) is 0 Å². The fourth-order valence-corrected chi connectivity index (χ4v) is 3.25. The van der Waals surface area contributed by atoms with E-state index >= 15 is 0 Å². The van der Waals surface area contributed by atoms with Crippen molar-refractivity contribution >= 4 is 32.6 Å². The highest BCUT2D eigenvalue weighted by molar-refractivity contribution is 9.10. The predicted molar refractivity (Wildman–Crippen MR) is 74.8 cm³/mol. The van der Waals surface area contributed by atoms with Gasteiger partial charge in [0.05, 0.1) is 12.0 Å². The van der Waals surface area contributed by atoms with Crippen LogP contribution in [-0.4, -0.2) is 69.8 Å². The van der Waals surface area contributed by atoms with Crippen LogP contribution in [0.25, 0.3) is 16.7 Å². The Morgan fingerprint density at radius 2 is 2.09 bits per heavy atom. The van der Waals surface area contributed by atoms with Crippen molar-refractivity contribution in [3.8, 4) is 0 Å². The second kappa shape index (κ2) is 4.93. The quantitative estimate of drug-likeness (QED) is 0.515. The zero-order valence-electron chi connectivity index (χ0n) is 11.0. The lowest BCUT2D eigenvalue weighted by atomic mass is 10.1. The standard InChI is InChI=1S/C11H11BrN6O4/c12-4-1-17(11-8(21)7(20)5(2-19)22-11)9-6(4)10-14-15-16-18(10)3-13-9/h1,3,5,7-8,11,19-21H,2H2. The smallest absolute Gasteiger partial charge is 0.193 e. The van der Waals surface area contributed by atoms with Gasteiger partial charge < -0.3 is 24.6 Å². The van der Waals surface area contributed by atoms with Gasteiger partial charge in [-0.1, -0.05) is 0 Å². The van der Waals surface area contributed by atoms with E-state index in [1.54, 1.807) is 10.8 Å². The van der Waals surface area contributed by atoms with Crippen LogP contribution in [0.5, 0.6) is 0 Å². The van der Waals surface area contributed by atoms with Crippen molar-refractivity contribution in [2.45, 2.75) is 24.5 Å². The van der Waals surface area contributed by atoms with Crippen LogP contribution in [-0.2, 0) is 4.74 Å². The maximum atomic E-state index is 10.2. The number of tetrazole rings is 1. The monoisotopic (exact) mass is 370 g/mol. The summed E-state index contributed by atoms with van der Waals surface area (Å²) in [5, 5.41) is 41.2. The molecule has 0 aliphatic carbocycles. The molecule has 0 aromatic carbocycles. The average molecular weight is 371 g/mol. The molecule has 0 saturated carbocycles. The van der Waals surface area contributed by atoms with Crippen LogP contribution < -0.4 is 0 Å². The highest BCUT2D eigenvalue weighted by Gasteiger charge is 2.44. The Morgan fingerprint density at radius 1 is 1.27 bits per heavy atom. The Morgan fingerprint density at radius 3 is 2.82 bits per heavy atom. The van der Waals surface area contributed by atoms with E-state index in [4.69, 9.17) is 4.74 Å². The summed E-state index contributed by atoms with van der Waals surface area (Å²) in [4.78, 5) is 4.28. The number of hydrogen-bond donors (Lipinski definition) is 3. The van der Waals surface area contributed by atoms with Crippen LogP contribution in [0, 0.1) is 0 Å². The summed E-state index contributed by atoms with van der Waals surface area (Å²) in [6.45, 7) is -0.388. The Labute approximate surface area is 131 Å². The normalized spacial score (nSPS) is 28.9. The van der Waals surface area contributed by atoms with E-state index in [0.717, 1.165) is 0 Å². The molecule has 10 nitrogen and oxygen atoms in total. The third kappa shape index (κ3) is 1.80. The molecule has 1 fully saturated rings. The number of fused-ring (bicyclic) bond motifs is 3. The molecule has 0 spiro atoms. The number of aliphatic hydroxyl groups excluding tert-OH is 3. The summed E-state index contributed by atoms with van der Waals surface area (Å²) in [5.74, 6) is 0. The average Bonchev–Trinajstić information content (AvgIpc) is 3.17. The third-order valence-electron chi connectivity index (χ3n) is 3.76. The van der Waals surface area contributed by atoms with Crippen LogP contribution >= 0.6 is 15.9 Å². The molecule has 4 unspecified atom stereocenters. The van der Waals surface area contributed by atoms with Gasteiger partial charge in [0.15, 0.2) is 11.9 Å². The minimum Gasteiger partial charge on any atom is -0.394 e. The van der Waals surface area contributed by atoms with Crippen LogP contribution in [0.4, 0.5) is 0 Å². The number of rotatable bonds is 2. The second-order valence-corrected chi connectivity index (χ2v) is 5.86. The highest BCUT2D eigenvalue weighted by Crippen LogP contribution is 2.35. The van der Waals surface area contributed by atoms with E-state index in [9.17, 15) is 15.3 Å². The van der Waals surface area contributed by atoms with Crippen LogP contribution in [0.1, 0.15) is 6.23 Å².